The SMILES string of the molecule is CCCC1CCC([C@H]2CC[C@@H](C(F)(F)Oc3ccc(-c4cc(F)c(F)c(F)c4)c(-c4cc(F)c(F)c(F)c4)c3)CC2)CC1. The lowest BCUT2D eigenvalue weighted by atomic mass is 9.68. The fraction of sp³-hybridized carbons (Fsp3) is 0.471. The molecule has 0 unspecified atom stereocenters. The minimum absolute atomic E-state index is 0.0620. The van der Waals surface area contributed by atoms with Gasteiger partial charge in [0.05, 0.1) is 5.92 Å². The van der Waals surface area contributed by atoms with Crippen molar-refractivity contribution in [3.05, 3.63) is 77.4 Å². The van der Waals surface area contributed by atoms with Crippen LogP contribution in [-0.2, 0) is 0 Å². The van der Waals surface area contributed by atoms with Crippen LogP contribution in [0.1, 0.15) is 71.1 Å². The Balaban J connectivity index is 1.37. The average Bonchev–Trinajstić information content (AvgIpc) is 2.98. The van der Waals surface area contributed by atoms with Gasteiger partial charge in [0.25, 0.3) is 0 Å². The molecule has 1 nitrogen and oxygen atoms in total. The molecule has 0 amide bonds. The third-order valence-electron chi connectivity index (χ3n) is 9.34. The summed E-state index contributed by atoms with van der Waals surface area (Å²) in [5, 5.41) is 0. The first-order valence-electron chi connectivity index (χ1n) is 15.0. The van der Waals surface area contributed by atoms with Crippen LogP contribution in [0.15, 0.2) is 42.5 Å². The van der Waals surface area contributed by atoms with Crippen molar-refractivity contribution >= 4 is 0 Å². The van der Waals surface area contributed by atoms with Gasteiger partial charge in [-0.1, -0.05) is 38.7 Å². The summed E-state index contributed by atoms with van der Waals surface area (Å²) >= 11 is 0. The van der Waals surface area contributed by atoms with Crippen molar-refractivity contribution in [2.24, 2.45) is 23.7 Å². The van der Waals surface area contributed by atoms with Crippen molar-refractivity contribution in [2.75, 3.05) is 0 Å². The predicted octanol–water partition coefficient (Wildman–Crippen LogP) is 11.2. The predicted molar refractivity (Wildman–Crippen MR) is 148 cm³/mol. The topological polar surface area (TPSA) is 9.23 Å². The molecule has 0 spiro atoms. The zero-order chi connectivity index (χ0) is 30.9. The summed E-state index contributed by atoms with van der Waals surface area (Å²) in [6, 6.07) is 5.96. The summed E-state index contributed by atoms with van der Waals surface area (Å²) in [5.74, 6) is -9.24. The zero-order valence-corrected chi connectivity index (χ0v) is 23.9. The van der Waals surface area contributed by atoms with Gasteiger partial charge in [-0.05, 0) is 115 Å². The van der Waals surface area contributed by atoms with Gasteiger partial charge in [0.15, 0.2) is 34.9 Å². The molecule has 0 radical (unpaired) electrons. The molecular formula is C34H34F8O. The highest BCUT2D eigenvalue weighted by molar-refractivity contribution is 5.84. The van der Waals surface area contributed by atoms with Crippen LogP contribution in [-0.4, -0.2) is 6.11 Å². The number of hydrogen-bond acceptors (Lipinski definition) is 1. The van der Waals surface area contributed by atoms with E-state index in [1.165, 1.54) is 31.7 Å². The van der Waals surface area contributed by atoms with Gasteiger partial charge < -0.3 is 4.74 Å². The Hall–Kier alpha value is -3.10. The van der Waals surface area contributed by atoms with Crippen molar-refractivity contribution < 1.29 is 39.9 Å². The highest BCUT2D eigenvalue weighted by Gasteiger charge is 2.45. The normalized spacial score (nSPS) is 22.9. The van der Waals surface area contributed by atoms with E-state index >= 15 is 8.78 Å². The van der Waals surface area contributed by atoms with Gasteiger partial charge in [0.1, 0.15) is 5.75 Å². The Morgan fingerprint density at radius 3 is 1.58 bits per heavy atom. The molecule has 5 rings (SSSR count). The van der Waals surface area contributed by atoms with Gasteiger partial charge in [0.2, 0.25) is 0 Å². The molecule has 0 atom stereocenters. The van der Waals surface area contributed by atoms with E-state index in [1.54, 1.807) is 0 Å². The summed E-state index contributed by atoms with van der Waals surface area (Å²) in [4.78, 5) is 0. The number of hydrogen-bond donors (Lipinski definition) is 0. The highest BCUT2D eigenvalue weighted by atomic mass is 19.3. The molecule has 2 aliphatic carbocycles. The molecule has 0 saturated heterocycles. The zero-order valence-electron chi connectivity index (χ0n) is 23.9. The van der Waals surface area contributed by atoms with Crippen molar-refractivity contribution in [1.29, 1.82) is 0 Å². The second kappa shape index (κ2) is 12.9. The van der Waals surface area contributed by atoms with E-state index in [1.807, 2.05) is 0 Å². The van der Waals surface area contributed by atoms with Crippen LogP contribution < -0.4 is 4.74 Å². The van der Waals surface area contributed by atoms with Crippen LogP contribution in [0.4, 0.5) is 35.1 Å². The third kappa shape index (κ3) is 6.86. The molecule has 3 aromatic rings. The molecular weight excluding hydrogens is 576 g/mol. The van der Waals surface area contributed by atoms with Gasteiger partial charge in [-0.25, -0.2) is 26.3 Å². The van der Waals surface area contributed by atoms with Crippen LogP contribution in [0.3, 0.4) is 0 Å². The van der Waals surface area contributed by atoms with Crippen LogP contribution in [0.5, 0.6) is 5.75 Å². The molecule has 0 N–H and O–H groups in total. The van der Waals surface area contributed by atoms with Crippen molar-refractivity contribution in [1.82, 2.24) is 0 Å². The molecule has 0 bridgehead atoms. The largest absolute Gasteiger partial charge is 0.432 e. The van der Waals surface area contributed by atoms with E-state index in [-0.39, 0.29) is 28.0 Å². The Bertz CT molecular complexity index is 1390. The number of rotatable bonds is 8. The molecule has 2 saturated carbocycles. The smallest absolute Gasteiger partial charge is 0.400 e. The summed E-state index contributed by atoms with van der Waals surface area (Å²) in [5.41, 5.74) is -0.747. The minimum Gasteiger partial charge on any atom is -0.432 e. The van der Waals surface area contributed by atoms with Crippen LogP contribution in [0, 0.1) is 58.6 Å². The highest BCUT2D eigenvalue weighted by Crippen LogP contribution is 2.46. The van der Waals surface area contributed by atoms with E-state index in [2.05, 4.69) is 6.92 Å². The standard InChI is InChI=1S/C34H34F8O/c1-2-3-19-4-6-20(7-5-19)21-8-10-24(11-9-21)34(41,42)43-25-12-13-26(22-14-28(35)32(39)29(36)15-22)27(18-25)23-16-30(37)33(40)31(38)17-23/h12-21,24H,2-11H2,1H3/t19?,20?,21-,24+. The molecule has 9 heteroatoms. The average molecular weight is 611 g/mol. The third-order valence-corrected chi connectivity index (χ3v) is 9.34. The summed E-state index contributed by atoms with van der Waals surface area (Å²) in [6.45, 7) is 2.20. The van der Waals surface area contributed by atoms with E-state index in [0.29, 0.717) is 61.8 Å². The quantitative estimate of drug-likeness (QED) is 0.182. The summed E-state index contributed by atoms with van der Waals surface area (Å²) in [6.07, 6.45) is 5.53. The monoisotopic (exact) mass is 610 g/mol. The fourth-order valence-electron chi connectivity index (χ4n) is 7.02. The molecule has 0 heterocycles. The number of halogens is 8. The van der Waals surface area contributed by atoms with Gasteiger partial charge in [-0.3, -0.25) is 0 Å². The molecule has 2 aliphatic rings. The Morgan fingerprint density at radius 1 is 0.628 bits per heavy atom. The van der Waals surface area contributed by atoms with E-state index < -0.39 is 46.9 Å². The van der Waals surface area contributed by atoms with Gasteiger partial charge in [-0.15, -0.1) is 0 Å². The Labute approximate surface area is 246 Å². The lowest BCUT2D eigenvalue weighted by Crippen LogP contribution is -2.38. The summed E-state index contributed by atoms with van der Waals surface area (Å²) in [7, 11) is 0. The first-order chi connectivity index (χ1) is 20.5. The molecule has 3 aromatic carbocycles. The minimum atomic E-state index is -3.56. The second-order valence-electron chi connectivity index (χ2n) is 12.1. The van der Waals surface area contributed by atoms with E-state index in [0.717, 1.165) is 30.9 Å². The van der Waals surface area contributed by atoms with Crippen molar-refractivity contribution in [2.45, 2.75) is 77.2 Å². The van der Waals surface area contributed by atoms with E-state index in [4.69, 9.17) is 4.74 Å². The Morgan fingerprint density at radius 2 is 1.09 bits per heavy atom. The van der Waals surface area contributed by atoms with Crippen LogP contribution in [0.25, 0.3) is 22.3 Å². The first kappa shape index (κ1) is 31.3. The van der Waals surface area contributed by atoms with E-state index in [9.17, 15) is 26.3 Å². The van der Waals surface area contributed by atoms with Crippen molar-refractivity contribution in [3.63, 3.8) is 0 Å². The molecule has 2 fully saturated rings. The lowest BCUT2D eigenvalue weighted by molar-refractivity contribution is -0.224. The molecule has 0 aliphatic heterocycles. The van der Waals surface area contributed by atoms with Crippen molar-refractivity contribution in [3.8, 4) is 28.0 Å². The molecule has 0 aromatic heterocycles. The molecule has 43 heavy (non-hydrogen) atoms. The lowest BCUT2D eigenvalue weighted by Gasteiger charge is -2.39. The summed E-state index contributed by atoms with van der Waals surface area (Å²) < 4.78 is 120. The number of ether oxygens (including phenoxy) is 1. The Kier molecular flexibility index (Phi) is 9.37. The van der Waals surface area contributed by atoms with Crippen LogP contribution >= 0.6 is 0 Å². The first-order valence-corrected chi connectivity index (χ1v) is 15.0. The maximum absolute atomic E-state index is 15.5. The van der Waals surface area contributed by atoms with Gasteiger partial charge >= 0.3 is 6.11 Å². The maximum atomic E-state index is 15.5. The van der Waals surface area contributed by atoms with Crippen LogP contribution in [0.2, 0.25) is 0 Å². The fourth-order valence-corrected chi connectivity index (χ4v) is 7.02. The number of benzene rings is 3. The molecule has 232 valence electrons. The van der Waals surface area contributed by atoms with Gasteiger partial charge in [-0.2, -0.15) is 8.78 Å². The second-order valence-corrected chi connectivity index (χ2v) is 12.1. The number of alkyl halides is 2. The van der Waals surface area contributed by atoms with Gasteiger partial charge in [0, 0.05) is 0 Å². The maximum Gasteiger partial charge on any atom is 0.400 e.